The molecule has 0 N–H and O–H groups in total. The third-order valence-electron chi connectivity index (χ3n) is 4.12. The van der Waals surface area contributed by atoms with E-state index in [1.54, 1.807) is 6.20 Å². The van der Waals surface area contributed by atoms with Crippen LogP contribution in [0.25, 0.3) is 11.6 Å². The van der Waals surface area contributed by atoms with Crippen LogP contribution in [-0.4, -0.2) is 10.9 Å². The van der Waals surface area contributed by atoms with Gasteiger partial charge in [0.05, 0.1) is 23.5 Å². The van der Waals surface area contributed by atoms with Gasteiger partial charge in [-0.25, -0.2) is 0 Å². The number of amides is 1. The minimum atomic E-state index is 0.0192. The molecule has 2 heterocycles. The van der Waals surface area contributed by atoms with E-state index >= 15 is 0 Å². The fourth-order valence-electron chi connectivity index (χ4n) is 2.98. The molecule has 1 aromatic heterocycles. The zero-order valence-corrected chi connectivity index (χ0v) is 13.1. The lowest BCUT2D eigenvalue weighted by Gasteiger charge is -2.17. The lowest BCUT2D eigenvalue weighted by molar-refractivity contribution is -0.113. The first-order valence-corrected chi connectivity index (χ1v) is 7.91. The molecule has 1 amide bonds. The van der Waals surface area contributed by atoms with Gasteiger partial charge in [-0.2, -0.15) is 0 Å². The maximum absolute atomic E-state index is 13.0. The first-order valence-electron chi connectivity index (χ1n) is 7.91. The van der Waals surface area contributed by atoms with Crippen molar-refractivity contribution in [2.24, 2.45) is 0 Å². The Morgan fingerprint density at radius 1 is 0.875 bits per heavy atom. The van der Waals surface area contributed by atoms with Gasteiger partial charge in [-0.05, 0) is 29.8 Å². The summed E-state index contributed by atoms with van der Waals surface area (Å²) in [5.74, 6) is 0.0192. The third-order valence-corrected chi connectivity index (χ3v) is 4.12. The van der Waals surface area contributed by atoms with Crippen LogP contribution in [0.5, 0.6) is 0 Å². The number of hydrogen-bond donors (Lipinski definition) is 0. The fourth-order valence-corrected chi connectivity index (χ4v) is 2.98. The van der Waals surface area contributed by atoms with Crippen LogP contribution in [-0.2, 0) is 11.3 Å². The molecule has 0 bridgehead atoms. The first kappa shape index (κ1) is 14.4. The zero-order valence-electron chi connectivity index (χ0n) is 13.1. The number of hydrogen-bond acceptors (Lipinski definition) is 2. The van der Waals surface area contributed by atoms with Gasteiger partial charge >= 0.3 is 0 Å². The molecule has 4 rings (SSSR count). The van der Waals surface area contributed by atoms with Crippen LogP contribution >= 0.6 is 0 Å². The molecular weight excluding hydrogens is 296 g/mol. The fraction of sp³-hybridized carbons (Fsp3) is 0.0476. The number of nitrogens with zero attached hydrogens (tertiary/aromatic N) is 2. The molecule has 0 unspecified atom stereocenters. The van der Waals surface area contributed by atoms with Crippen molar-refractivity contribution in [3.05, 3.63) is 95.8 Å². The van der Waals surface area contributed by atoms with Gasteiger partial charge in [0, 0.05) is 11.8 Å². The predicted octanol–water partition coefficient (Wildman–Crippen LogP) is 4.17. The number of anilines is 1. The van der Waals surface area contributed by atoms with Crippen molar-refractivity contribution in [1.29, 1.82) is 0 Å². The van der Waals surface area contributed by atoms with Crippen LogP contribution in [0.15, 0.2) is 79.0 Å². The highest BCUT2D eigenvalue weighted by Crippen LogP contribution is 2.38. The molecule has 0 spiro atoms. The molecule has 3 aromatic rings. The van der Waals surface area contributed by atoms with E-state index in [0.29, 0.717) is 12.1 Å². The summed E-state index contributed by atoms with van der Waals surface area (Å²) in [4.78, 5) is 19.1. The minimum absolute atomic E-state index is 0.0192. The summed E-state index contributed by atoms with van der Waals surface area (Å²) in [6, 6.07) is 23.7. The van der Waals surface area contributed by atoms with E-state index in [4.69, 9.17) is 0 Å². The number of carbonyl (C=O) groups is 1. The second kappa shape index (κ2) is 6.13. The molecule has 0 saturated carbocycles. The molecule has 0 saturated heterocycles. The van der Waals surface area contributed by atoms with Gasteiger partial charge in [-0.3, -0.25) is 9.78 Å². The Bertz CT molecular complexity index is 901. The van der Waals surface area contributed by atoms with E-state index in [1.165, 1.54) is 0 Å². The summed E-state index contributed by atoms with van der Waals surface area (Å²) in [6.45, 7) is 0.566. The summed E-state index contributed by atoms with van der Waals surface area (Å²) >= 11 is 0. The molecule has 1 aliphatic heterocycles. The minimum Gasteiger partial charge on any atom is -0.303 e. The highest BCUT2D eigenvalue weighted by Gasteiger charge is 2.31. The maximum Gasteiger partial charge on any atom is 0.259 e. The average Bonchev–Trinajstić information content (AvgIpc) is 2.90. The number of fused-ring (bicyclic) bond motifs is 1. The zero-order chi connectivity index (χ0) is 16.4. The number of carbonyl (C=O) groups excluding carboxylic acids is 1. The summed E-state index contributed by atoms with van der Waals surface area (Å²) < 4.78 is 0. The molecule has 0 aliphatic carbocycles. The maximum atomic E-state index is 13.0. The van der Waals surface area contributed by atoms with Crippen molar-refractivity contribution in [2.75, 3.05) is 4.90 Å². The Kier molecular flexibility index (Phi) is 3.67. The van der Waals surface area contributed by atoms with Crippen molar-refractivity contribution >= 4 is 23.2 Å². The number of benzene rings is 2. The van der Waals surface area contributed by atoms with E-state index < -0.39 is 0 Å². The highest BCUT2D eigenvalue weighted by molar-refractivity contribution is 6.35. The van der Waals surface area contributed by atoms with Crippen molar-refractivity contribution in [3.63, 3.8) is 0 Å². The Labute approximate surface area is 140 Å². The largest absolute Gasteiger partial charge is 0.303 e. The summed E-state index contributed by atoms with van der Waals surface area (Å²) in [6.07, 6.45) is 3.60. The molecule has 2 aromatic carbocycles. The normalized spacial score (nSPS) is 14.9. The summed E-state index contributed by atoms with van der Waals surface area (Å²) in [5, 5.41) is 0. The second-order valence-corrected chi connectivity index (χ2v) is 5.71. The molecule has 3 heteroatoms. The van der Waals surface area contributed by atoms with Crippen molar-refractivity contribution < 1.29 is 4.79 Å². The lowest BCUT2D eigenvalue weighted by Crippen LogP contribution is -2.25. The number of aromatic nitrogens is 1. The number of pyridine rings is 1. The summed E-state index contributed by atoms with van der Waals surface area (Å²) in [5.41, 5.74) is 4.51. The van der Waals surface area contributed by atoms with E-state index in [9.17, 15) is 4.79 Å². The Morgan fingerprint density at radius 3 is 2.42 bits per heavy atom. The van der Waals surface area contributed by atoms with Crippen LogP contribution in [0.2, 0.25) is 0 Å². The smallest absolute Gasteiger partial charge is 0.259 e. The molecule has 3 nitrogen and oxygen atoms in total. The van der Waals surface area contributed by atoms with Crippen LogP contribution in [0.3, 0.4) is 0 Å². The van der Waals surface area contributed by atoms with Gasteiger partial charge < -0.3 is 4.90 Å². The molecular formula is C21H16N2O. The van der Waals surface area contributed by atoms with Crippen molar-refractivity contribution in [1.82, 2.24) is 4.98 Å². The van der Waals surface area contributed by atoms with Gasteiger partial charge in [0.2, 0.25) is 0 Å². The van der Waals surface area contributed by atoms with Gasteiger partial charge in [-0.1, -0.05) is 54.6 Å². The quantitative estimate of drug-likeness (QED) is 0.680. The summed E-state index contributed by atoms with van der Waals surface area (Å²) in [7, 11) is 0. The van der Waals surface area contributed by atoms with Crippen molar-refractivity contribution in [3.8, 4) is 0 Å². The van der Waals surface area contributed by atoms with Gasteiger partial charge in [0.25, 0.3) is 5.91 Å². The van der Waals surface area contributed by atoms with Crippen LogP contribution in [0.4, 0.5) is 5.69 Å². The van der Waals surface area contributed by atoms with E-state index in [2.05, 4.69) is 4.98 Å². The monoisotopic (exact) mass is 312 g/mol. The number of rotatable bonds is 3. The molecule has 24 heavy (non-hydrogen) atoms. The van der Waals surface area contributed by atoms with E-state index in [-0.39, 0.29) is 5.91 Å². The number of para-hydroxylation sites is 1. The Balaban J connectivity index is 1.76. The van der Waals surface area contributed by atoms with Crippen molar-refractivity contribution in [2.45, 2.75) is 6.54 Å². The Morgan fingerprint density at radius 2 is 1.62 bits per heavy atom. The molecule has 0 atom stereocenters. The average molecular weight is 312 g/mol. The second-order valence-electron chi connectivity index (χ2n) is 5.71. The van der Waals surface area contributed by atoms with E-state index in [0.717, 1.165) is 22.5 Å². The Hall–Kier alpha value is -3.20. The predicted molar refractivity (Wildman–Crippen MR) is 96.2 cm³/mol. The topological polar surface area (TPSA) is 33.2 Å². The van der Waals surface area contributed by atoms with Gasteiger partial charge in [-0.15, -0.1) is 0 Å². The molecule has 116 valence electrons. The standard InChI is InChI=1S/C21H16N2O/c24-21-19(14-17-10-6-7-13-22-17)18-11-4-5-12-20(18)23(21)15-16-8-2-1-3-9-16/h1-14H,15H2/b19-14-. The van der Waals surface area contributed by atoms with E-state index in [1.807, 2.05) is 83.8 Å². The third kappa shape index (κ3) is 2.61. The lowest BCUT2D eigenvalue weighted by atomic mass is 10.1. The van der Waals surface area contributed by atoms with Gasteiger partial charge in [0.15, 0.2) is 0 Å². The SMILES string of the molecule is O=C1/C(=C\c2ccccn2)c2ccccc2N1Cc1ccccc1. The highest BCUT2D eigenvalue weighted by atomic mass is 16.2. The molecule has 0 radical (unpaired) electrons. The molecule has 0 fully saturated rings. The van der Waals surface area contributed by atoms with Crippen LogP contribution in [0.1, 0.15) is 16.8 Å². The molecule has 1 aliphatic rings. The van der Waals surface area contributed by atoms with Gasteiger partial charge in [0.1, 0.15) is 0 Å². The van der Waals surface area contributed by atoms with Crippen LogP contribution in [0, 0.1) is 0 Å². The first-order chi connectivity index (χ1) is 11.8. The van der Waals surface area contributed by atoms with Crippen LogP contribution < -0.4 is 4.90 Å².